The van der Waals surface area contributed by atoms with Crippen LogP contribution in [-0.4, -0.2) is 22.1 Å². The van der Waals surface area contributed by atoms with Gasteiger partial charge < -0.3 is 15.5 Å². The number of nitrogens with one attached hydrogen (secondary N) is 1. The maximum absolute atomic E-state index is 12.4. The first-order valence-electron chi connectivity index (χ1n) is 7.48. The first-order chi connectivity index (χ1) is 11.9. The molecule has 0 atom stereocenters. The standard InChI is InChI=1S/C19H15NO4S.CH4/c1-11-2-4-13(5-3-11)18(22)20-15-10-16(25-17(15)19(23)24)12-6-8-14(21)9-7-12;/h2-10,21H,1H3,(H,20,22)(H,23,24);1H4. The van der Waals surface area contributed by atoms with E-state index in [-0.39, 0.29) is 29.6 Å². The molecule has 1 amide bonds. The lowest BCUT2D eigenvalue weighted by Gasteiger charge is -2.04. The molecule has 3 aromatic rings. The zero-order chi connectivity index (χ0) is 18.0. The number of hydrogen-bond acceptors (Lipinski definition) is 4. The number of carboxylic acid groups (broad SMARTS) is 1. The maximum Gasteiger partial charge on any atom is 0.348 e. The molecule has 0 aliphatic carbocycles. The largest absolute Gasteiger partial charge is 0.508 e. The molecule has 0 unspecified atom stereocenters. The van der Waals surface area contributed by atoms with Crippen molar-refractivity contribution < 1.29 is 19.8 Å². The molecule has 5 nitrogen and oxygen atoms in total. The Balaban J connectivity index is 0.00000243. The molecule has 0 spiro atoms. The van der Waals surface area contributed by atoms with Gasteiger partial charge in [0.05, 0.1) is 5.69 Å². The summed E-state index contributed by atoms with van der Waals surface area (Å²) in [5.74, 6) is -1.33. The van der Waals surface area contributed by atoms with Gasteiger partial charge in [-0.25, -0.2) is 4.79 Å². The normalized spacial score (nSPS) is 10.0. The molecule has 26 heavy (non-hydrogen) atoms. The van der Waals surface area contributed by atoms with Crippen molar-refractivity contribution >= 4 is 28.9 Å². The Kier molecular flexibility index (Phi) is 5.79. The van der Waals surface area contributed by atoms with Gasteiger partial charge in [0, 0.05) is 10.4 Å². The molecule has 6 heteroatoms. The van der Waals surface area contributed by atoms with E-state index < -0.39 is 5.97 Å². The van der Waals surface area contributed by atoms with Crippen LogP contribution in [0.4, 0.5) is 5.69 Å². The lowest BCUT2D eigenvalue weighted by molar-refractivity contribution is 0.0703. The summed E-state index contributed by atoms with van der Waals surface area (Å²) in [5, 5.41) is 21.4. The topological polar surface area (TPSA) is 86.6 Å². The molecule has 0 bridgehead atoms. The van der Waals surface area contributed by atoms with Crippen molar-refractivity contribution in [3.05, 3.63) is 70.6 Å². The SMILES string of the molecule is C.Cc1ccc(C(=O)Nc2cc(-c3ccc(O)cc3)sc2C(=O)O)cc1. The summed E-state index contributed by atoms with van der Waals surface area (Å²) in [4.78, 5) is 24.6. The Morgan fingerprint density at radius 3 is 2.19 bits per heavy atom. The predicted molar refractivity (Wildman–Crippen MR) is 104 cm³/mol. The minimum absolute atomic E-state index is 0. The number of aromatic carboxylic acids is 1. The number of hydrogen-bond donors (Lipinski definition) is 3. The van der Waals surface area contributed by atoms with Crippen LogP contribution in [0.25, 0.3) is 10.4 Å². The van der Waals surface area contributed by atoms with Gasteiger partial charge in [-0.1, -0.05) is 25.1 Å². The van der Waals surface area contributed by atoms with Crippen molar-refractivity contribution in [1.29, 1.82) is 0 Å². The van der Waals surface area contributed by atoms with Gasteiger partial charge in [-0.15, -0.1) is 11.3 Å². The second-order valence-electron chi connectivity index (χ2n) is 5.53. The molecule has 0 aliphatic rings. The second kappa shape index (κ2) is 7.84. The van der Waals surface area contributed by atoms with Crippen LogP contribution in [0.3, 0.4) is 0 Å². The van der Waals surface area contributed by atoms with Crippen molar-refractivity contribution in [2.24, 2.45) is 0 Å². The lowest BCUT2D eigenvalue weighted by Crippen LogP contribution is -2.13. The molecule has 2 aromatic carbocycles. The number of carboxylic acids is 1. The van der Waals surface area contributed by atoms with Gasteiger partial charge in [-0.2, -0.15) is 0 Å². The van der Waals surface area contributed by atoms with Gasteiger partial charge in [-0.05, 0) is 55.0 Å². The minimum atomic E-state index is -1.10. The van der Waals surface area contributed by atoms with E-state index in [1.54, 1.807) is 30.3 Å². The third kappa shape index (κ3) is 4.10. The van der Waals surface area contributed by atoms with Gasteiger partial charge in [0.1, 0.15) is 10.6 Å². The first kappa shape index (κ1) is 19.2. The molecule has 3 rings (SSSR count). The number of phenols is 1. The number of aryl methyl sites for hydroxylation is 1. The first-order valence-corrected chi connectivity index (χ1v) is 8.30. The molecule has 3 N–H and O–H groups in total. The van der Waals surface area contributed by atoms with E-state index in [4.69, 9.17) is 0 Å². The van der Waals surface area contributed by atoms with Crippen LogP contribution >= 0.6 is 11.3 Å². The van der Waals surface area contributed by atoms with Crippen LogP contribution in [0, 0.1) is 6.92 Å². The highest BCUT2D eigenvalue weighted by atomic mass is 32.1. The van der Waals surface area contributed by atoms with E-state index in [1.807, 2.05) is 19.1 Å². The number of carbonyl (C=O) groups is 2. The summed E-state index contributed by atoms with van der Waals surface area (Å²) >= 11 is 1.07. The molecule has 0 radical (unpaired) electrons. The maximum atomic E-state index is 12.4. The van der Waals surface area contributed by atoms with Gasteiger partial charge in [-0.3, -0.25) is 4.79 Å². The van der Waals surface area contributed by atoms with Crippen LogP contribution < -0.4 is 5.32 Å². The summed E-state index contributed by atoms with van der Waals surface area (Å²) in [6.07, 6.45) is 0. The molecule has 0 saturated carbocycles. The fourth-order valence-electron chi connectivity index (χ4n) is 2.31. The van der Waals surface area contributed by atoms with Crippen molar-refractivity contribution in [1.82, 2.24) is 0 Å². The van der Waals surface area contributed by atoms with E-state index >= 15 is 0 Å². The summed E-state index contributed by atoms with van der Waals surface area (Å²) in [6.45, 7) is 1.92. The molecule has 0 saturated heterocycles. The number of rotatable bonds is 4. The predicted octanol–water partition coefficient (Wildman–Crippen LogP) is 5.02. The van der Waals surface area contributed by atoms with Crippen LogP contribution in [0.15, 0.2) is 54.6 Å². The smallest absolute Gasteiger partial charge is 0.348 e. The van der Waals surface area contributed by atoms with Crippen LogP contribution in [0.5, 0.6) is 5.75 Å². The summed E-state index contributed by atoms with van der Waals surface area (Å²) in [6, 6.07) is 15.1. The molecule has 0 fully saturated rings. The average Bonchev–Trinajstić information content (AvgIpc) is 3.00. The third-order valence-electron chi connectivity index (χ3n) is 3.64. The quantitative estimate of drug-likeness (QED) is 0.603. The Morgan fingerprint density at radius 1 is 1.00 bits per heavy atom. The molecule has 1 heterocycles. The third-order valence-corrected chi connectivity index (χ3v) is 4.81. The minimum Gasteiger partial charge on any atom is -0.508 e. The number of anilines is 1. The summed E-state index contributed by atoms with van der Waals surface area (Å²) < 4.78 is 0. The van der Waals surface area contributed by atoms with Gasteiger partial charge in [0.2, 0.25) is 0 Å². The zero-order valence-corrected chi connectivity index (χ0v) is 14.1. The van der Waals surface area contributed by atoms with Crippen molar-refractivity contribution in [2.75, 3.05) is 5.32 Å². The fraction of sp³-hybridized carbons (Fsp3) is 0.100. The Morgan fingerprint density at radius 2 is 1.62 bits per heavy atom. The Hall–Kier alpha value is -3.12. The molecular weight excluding hydrogens is 350 g/mol. The number of thiophene rings is 1. The molecule has 0 aliphatic heterocycles. The van der Waals surface area contributed by atoms with E-state index in [2.05, 4.69) is 5.32 Å². The van der Waals surface area contributed by atoms with Crippen LogP contribution in [-0.2, 0) is 0 Å². The number of benzene rings is 2. The monoisotopic (exact) mass is 369 g/mol. The van der Waals surface area contributed by atoms with E-state index in [0.717, 1.165) is 22.5 Å². The highest BCUT2D eigenvalue weighted by molar-refractivity contribution is 7.18. The fourth-order valence-corrected chi connectivity index (χ4v) is 3.27. The van der Waals surface area contributed by atoms with E-state index in [9.17, 15) is 19.8 Å². The Bertz CT molecular complexity index is 927. The van der Waals surface area contributed by atoms with Crippen molar-refractivity contribution in [3.63, 3.8) is 0 Å². The molecular formula is C20H19NO4S. The van der Waals surface area contributed by atoms with E-state index in [0.29, 0.717) is 10.4 Å². The lowest BCUT2D eigenvalue weighted by atomic mass is 10.1. The van der Waals surface area contributed by atoms with Gasteiger partial charge >= 0.3 is 5.97 Å². The summed E-state index contributed by atoms with van der Waals surface area (Å²) in [7, 11) is 0. The van der Waals surface area contributed by atoms with Crippen molar-refractivity contribution in [3.8, 4) is 16.2 Å². The number of amides is 1. The second-order valence-corrected chi connectivity index (χ2v) is 6.58. The Labute approximate surface area is 155 Å². The molecule has 134 valence electrons. The van der Waals surface area contributed by atoms with Crippen LogP contribution in [0.1, 0.15) is 33.0 Å². The highest BCUT2D eigenvalue weighted by Gasteiger charge is 2.18. The average molecular weight is 369 g/mol. The highest BCUT2D eigenvalue weighted by Crippen LogP contribution is 2.35. The number of carbonyl (C=O) groups excluding carboxylic acids is 1. The van der Waals surface area contributed by atoms with E-state index in [1.165, 1.54) is 12.1 Å². The van der Waals surface area contributed by atoms with Crippen molar-refractivity contribution in [2.45, 2.75) is 14.4 Å². The van der Waals surface area contributed by atoms with Gasteiger partial charge in [0.25, 0.3) is 5.91 Å². The molecule has 1 aromatic heterocycles. The van der Waals surface area contributed by atoms with Gasteiger partial charge in [0.15, 0.2) is 0 Å². The zero-order valence-electron chi connectivity index (χ0n) is 13.3. The number of aromatic hydroxyl groups is 1. The summed E-state index contributed by atoms with van der Waals surface area (Å²) in [5.41, 5.74) is 2.51. The number of phenolic OH excluding ortho intramolecular Hbond substituents is 1. The van der Waals surface area contributed by atoms with Crippen LogP contribution in [0.2, 0.25) is 0 Å².